The lowest BCUT2D eigenvalue weighted by molar-refractivity contribution is 0.0711. The highest BCUT2D eigenvalue weighted by atomic mass is 35.5. The van der Waals surface area contributed by atoms with Gasteiger partial charge in [0.1, 0.15) is 5.82 Å². The molecular formula is C13H14Cl2N4O2. The van der Waals surface area contributed by atoms with E-state index in [1.54, 1.807) is 6.07 Å². The molecule has 0 unspecified atom stereocenters. The van der Waals surface area contributed by atoms with Crippen LogP contribution in [0.5, 0.6) is 0 Å². The van der Waals surface area contributed by atoms with Crippen LogP contribution in [0.2, 0.25) is 10.0 Å². The Balaban J connectivity index is 1.91. The van der Waals surface area contributed by atoms with E-state index in [4.69, 9.17) is 23.2 Å². The smallest absolute Gasteiger partial charge is 0.340 e. The van der Waals surface area contributed by atoms with Crippen LogP contribution >= 0.6 is 23.2 Å². The van der Waals surface area contributed by atoms with Crippen molar-refractivity contribution in [2.75, 3.05) is 7.05 Å². The van der Waals surface area contributed by atoms with E-state index in [0.717, 1.165) is 11.1 Å². The monoisotopic (exact) mass is 328 g/mol. The zero-order valence-electron chi connectivity index (χ0n) is 11.2. The largest absolute Gasteiger partial charge is 0.391 e. The van der Waals surface area contributed by atoms with Gasteiger partial charge in [0, 0.05) is 16.5 Å². The molecule has 0 amide bonds. The summed E-state index contributed by atoms with van der Waals surface area (Å²) in [4.78, 5) is 15.6. The van der Waals surface area contributed by atoms with Gasteiger partial charge in [-0.2, -0.15) is 5.10 Å². The van der Waals surface area contributed by atoms with Crippen LogP contribution in [0.4, 0.5) is 0 Å². The summed E-state index contributed by atoms with van der Waals surface area (Å²) in [6.07, 6.45) is -0.0936. The molecule has 0 aliphatic heterocycles. The first-order chi connectivity index (χ1) is 9.95. The number of aromatic nitrogens is 3. The minimum absolute atomic E-state index is 0.239. The van der Waals surface area contributed by atoms with Crippen LogP contribution < -0.4 is 5.69 Å². The third-order valence-electron chi connectivity index (χ3n) is 3.72. The minimum atomic E-state index is -0.577. The van der Waals surface area contributed by atoms with E-state index in [1.165, 1.54) is 0 Å². The summed E-state index contributed by atoms with van der Waals surface area (Å²) in [5.41, 5.74) is 1.48. The molecule has 8 heteroatoms. The summed E-state index contributed by atoms with van der Waals surface area (Å²) in [6, 6.07) is 3.27. The number of nitrogens with one attached hydrogen (secondary N) is 2. The predicted molar refractivity (Wildman–Crippen MR) is 79.6 cm³/mol. The van der Waals surface area contributed by atoms with Gasteiger partial charge in [0.15, 0.2) is 0 Å². The normalized spacial score (nSPS) is 21.0. The van der Waals surface area contributed by atoms with E-state index in [2.05, 4.69) is 15.2 Å². The molecule has 21 heavy (non-hydrogen) atoms. The zero-order chi connectivity index (χ0) is 15.1. The molecule has 1 aromatic heterocycles. The second-order valence-corrected chi connectivity index (χ2v) is 6.05. The van der Waals surface area contributed by atoms with Crippen LogP contribution in [0.15, 0.2) is 16.9 Å². The lowest BCUT2D eigenvalue weighted by Gasteiger charge is -2.27. The fourth-order valence-corrected chi connectivity index (χ4v) is 3.46. The molecular weight excluding hydrogens is 315 g/mol. The Morgan fingerprint density at radius 2 is 2.24 bits per heavy atom. The van der Waals surface area contributed by atoms with Gasteiger partial charge in [0.05, 0.1) is 18.7 Å². The van der Waals surface area contributed by atoms with Crippen molar-refractivity contribution < 1.29 is 5.11 Å². The Labute approximate surface area is 130 Å². The van der Waals surface area contributed by atoms with Gasteiger partial charge in [0.25, 0.3) is 0 Å². The van der Waals surface area contributed by atoms with Crippen LogP contribution in [0, 0.1) is 0 Å². The molecule has 3 rings (SSSR count). The lowest BCUT2D eigenvalue weighted by atomic mass is 10.1. The van der Waals surface area contributed by atoms with Crippen molar-refractivity contribution in [2.45, 2.75) is 25.1 Å². The molecule has 1 aliphatic rings. The minimum Gasteiger partial charge on any atom is -0.391 e. The first kappa shape index (κ1) is 14.6. The summed E-state index contributed by atoms with van der Waals surface area (Å²) in [5, 5.41) is 17.6. The van der Waals surface area contributed by atoms with Crippen LogP contribution in [0.3, 0.4) is 0 Å². The van der Waals surface area contributed by atoms with Crippen LogP contribution in [-0.2, 0) is 13.0 Å². The quantitative estimate of drug-likeness (QED) is 0.797. The fraction of sp³-hybridized carbons (Fsp3) is 0.385. The summed E-state index contributed by atoms with van der Waals surface area (Å²) < 4.78 is 0. The van der Waals surface area contributed by atoms with Gasteiger partial charge < -0.3 is 5.11 Å². The molecule has 0 bridgehead atoms. The number of halogens is 2. The predicted octanol–water partition coefficient (Wildman–Crippen LogP) is 1.49. The number of aliphatic hydroxyl groups excluding tert-OH is 1. The zero-order valence-corrected chi connectivity index (χ0v) is 12.7. The third-order valence-corrected chi connectivity index (χ3v) is 4.27. The summed E-state index contributed by atoms with van der Waals surface area (Å²) in [6.45, 7) is 0.393. The van der Waals surface area contributed by atoms with Gasteiger partial charge in [-0.05, 0) is 30.3 Å². The van der Waals surface area contributed by atoms with E-state index in [1.807, 2.05) is 18.0 Å². The SMILES string of the molecule is CN(Cc1n[nH]c(=O)[nH]1)[C@H]1c2cc(Cl)cc(Cl)c2C[C@H]1O. The molecule has 112 valence electrons. The van der Waals surface area contributed by atoms with Crippen LogP contribution in [-0.4, -0.2) is 38.3 Å². The van der Waals surface area contributed by atoms with Crippen LogP contribution in [0.25, 0.3) is 0 Å². The third kappa shape index (κ3) is 2.72. The number of hydrogen-bond acceptors (Lipinski definition) is 4. The van der Waals surface area contributed by atoms with Gasteiger partial charge in [-0.1, -0.05) is 23.2 Å². The maximum atomic E-state index is 11.1. The number of rotatable bonds is 3. The number of H-pyrrole nitrogens is 2. The summed E-state index contributed by atoms with van der Waals surface area (Å²) in [7, 11) is 1.85. The maximum Gasteiger partial charge on any atom is 0.340 e. The van der Waals surface area contributed by atoms with Crippen molar-refractivity contribution in [3.63, 3.8) is 0 Å². The molecule has 0 spiro atoms. The molecule has 3 N–H and O–H groups in total. The van der Waals surface area contributed by atoms with Crippen molar-refractivity contribution in [1.82, 2.24) is 20.1 Å². The Morgan fingerprint density at radius 3 is 2.90 bits per heavy atom. The van der Waals surface area contributed by atoms with Gasteiger partial charge in [-0.15, -0.1) is 0 Å². The average Bonchev–Trinajstić information content (AvgIpc) is 2.92. The first-order valence-corrected chi connectivity index (χ1v) is 7.21. The van der Waals surface area contributed by atoms with E-state index in [9.17, 15) is 9.90 Å². The number of aromatic amines is 2. The summed E-state index contributed by atoms with van der Waals surface area (Å²) >= 11 is 12.3. The molecule has 2 atom stereocenters. The molecule has 2 aromatic rings. The van der Waals surface area contributed by atoms with Crippen molar-refractivity contribution in [2.24, 2.45) is 0 Å². The van der Waals surface area contributed by atoms with E-state index >= 15 is 0 Å². The van der Waals surface area contributed by atoms with Crippen molar-refractivity contribution in [3.8, 4) is 0 Å². The topological polar surface area (TPSA) is 85.0 Å². The molecule has 1 aromatic carbocycles. The van der Waals surface area contributed by atoms with Crippen LogP contribution in [0.1, 0.15) is 23.0 Å². The second-order valence-electron chi connectivity index (χ2n) is 5.21. The fourth-order valence-electron chi connectivity index (χ4n) is 2.88. The van der Waals surface area contributed by atoms with Gasteiger partial charge in [-0.3, -0.25) is 9.88 Å². The van der Waals surface area contributed by atoms with Crippen molar-refractivity contribution in [3.05, 3.63) is 49.6 Å². The van der Waals surface area contributed by atoms with Gasteiger partial charge in [0.2, 0.25) is 0 Å². The van der Waals surface area contributed by atoms with E-state index in [0.29, 0.717) is 28.8 Å². The number of aliphatic hydroxyl groups is 1. The Morgan fingerprint density at radius 1 is 1.48 bits per heavy atom. The van der Waals surface area contributed by atoms with Gasteiger partial charge >= 0.3 is 5.69 Å². The molecule has 1 aliphatic carbocycles. The Kier molecular flexibility index (Phi) is 3.79. The molecule has 6 nitrogen and oxygen atoms in total. The number of fused-ring (bicyclic) bond motifs is 1. The number of nitrogens with zero attached hydrogens (tertiary/aromatic N) is 2. The van der Waals surface area contributed by atoms with Gasteiger partial charge in [-0.25, -0.2) is 9.89 Å². The van der Waals surface area contributed by atoms with Crippen molar-refractivity contribution >= 4 is 23.2 Å². The molecule has 0 fully saturated rings. The average molecular weight is 329 g/mol. The summed E-state index contributed by atoms with van der Waals surface area (Å²) in [5.74, 6) is 0.510. The molecule has 1 heterocycles. The molecule has 0 saturated heterocycles. The Hall–Kier alpha value is -1.34. The van der Waals surface area contributed by atoms with E-state index in [-0.39, 0.29) is 11.7 Å². The van der Waals surface area contributed by atoms with E-state index < -0.39 is 6.10 Å². The second kappa shape index (κ2) is 5.46. The maximum absolute atomic E-state index is 11.1. The highest BCUT2D eigenvalue weighted by Crippen LogP contribution is 2.40. The Bertz CT molecular complexity index is 727. The van der Waals surface area contributed by atoms with Crippen molar-refractivity contribution in [1.29, 1.82) is 0 Å². The number of benzene rings is 1. The highest BCUT2D eigenvalue weighted by molar-refractivity contribution is 6.35. The number of likely N-dealkylation sites (N-methyl/N-ethyl adjacent to an activating group) is 1. The molecule has 0 saturated carbocycles. The lowest BCUT2D eigenvalue weighted by Crippen LogP contribution is -2.31. The standard InChI is InChI=1S/C13H14Cl2N4O2/c1-19(5-11-16-13(21)18-17-11)12-8-2-6(14)3-9(15)7(8)4-10(12)20/h2-3,10,12,20H,4-5H2,1H3,(H2,16,17,18,21)/t10-,12+/m1/s1. The first-order valence-electron chi connectivity index (χ1n) is 6.45. The molecule has 0 radical (unpaired) electrons. The highest BCUT2D eigenvalue weighted by Gasteiger charge is 2.35. The number of hydrogen-bond donors (Lipinski definition) is 3.